The molecule has 8 nitrogen and oxygen atoms in total. The number of nitrogens with one attached hydrogen (secondary N) is 2. The molecule has 0 saturated carbocycles. The average Bonchev–Trinajstić information content (AvgIpc) is 3.33. The van der Waals surface area contributed by atoms with Crippen LogP contribution < -0.4 is 14.8 Å². The number of rotatable bonds is 3. The number of carbonyl (C=O) groups is 2. The van der Waals surface area contributed by atoms with Gasteiger partial charge in [-0.15, -0.1) is 0 Å². The van der Waals surface area contributed by atoms with Gasteiger partial charge in [0.1, 0.15) is 6.61 Å². The van der Waals surface area contributed by atoms with Gasteiger partial charge in [0.15, 0.2) is 11.5 Å². The van der Waals surface area contributed by atoms with Gasteiger partial charge in [0.25, 0.3) is 5.91 Å². The van der Waals surface area contributed by atoms with Crippen molar-refractivity contribution in [3.05, 3.63) is 60.4 Å². The summed E-state index contributed by atoms with van der Waals surface area (Å²) in [6, 6.07) is 10.4. The van der Waals surface area contributed by atoms with Crippen molar-refractivity contribution in [2.45, 2.75) is 18.5 Å². The first kappa shape index (κ1) is 25.4. The maximum absolute atomic E-state index is 13.5. The number of hydrogen-bond acceptors (Lipinski definition) is 5. The maximum atomic E-state index is 13.5. The van der Waals surface area contributed by atoms with E-state index in [9.17, 15) is 31.1 Å². The number of carboxylic acids is 1. The van der Waals surface area contributed by atoms with Gasteiger partial charge in [-0.2, -0.15) is 31.4 Å². The molecule has 0 aliphatic carbocycles. The van der Waals surface area contributed by atoms with Crippen LogP contribution in [0.2, 0.25) is 0 Å². The van der Waals surface area contributed by atoms with Gasteiger partial charge in [0, 0.05) is 17.4 Å². The van der Waals surface area contributed by atoms with Crippen molar-refractivity contribution in [1.29, 1.82) is 0 Å². The van der Waals surface area contributed by atoms with Crippen LogP contribution in [0.5, 0.6) is 11.5 Å². The van der Waals surface area contributed by atoms with E-state index in [0.717, 1.165) is 6.07 Å². The number of halogens is 6. The minimum atomic E-state index is -5.08. The molecule has 2 aromatic carbocycles. The van der Waals surface area contributed by atoms with Crippen LogP contribution in [0.1, 0.15) is 5.56 Å². The smallest absolute Gasteiger partial charge is 0.485 e. The molecule has 0 saturated heterocycles. The van der Waals surface area contributed by atoms with Crippen molar-refractivity contribution >= 4 is 17.6 Å². The van der Waals surface area contributed by atoms with E-state index in [1.807, 2.05) is 0 Å². The number of aromatic nitrogens is 2. The second kappa shape index (κ2) is 9.95. The highest BCUT2D eigenvalue weighted by molar-refractivity contribution is 5.95. The molecule has 0 spiro atoms. The number of alkyl halides is 6. The van der Waals surface area contributed by atoms with Crippen molar-refractivity contribution in [3.63, 3.8) is 0 Å². The molecule has 1 unspecified atom stereocenters. The minimum absolute atomic E-state index is 0.00651. The topological polar surface area (TPSA) is 114 Å². The van der Waals surface area contributed by atoms with Crippen LogP contribution in [-0.2, 0) is 15.8 Å². The summed E-state index contributed by atoms with van der Waals surface area (Å²) in [5.74, 6) is -2.44. The third kappa shape index (κ3) is 6.43. The number of para-hydroxylation sites is 2. The number of aromatic amines is 1. The molecular formula is C21H15F6N3O5. The summed E-state index contributed by atoms with van der Waals surface area (Å²) < 4.78 is 83.2. The monoisotopic (exact) mass is 503 g/mol. The number of benzene rings is 2. The fourth-order valence-electron chi connectivity index (χ4n) is 2.88. The van der Waals surface area contributed by atoms with Crippen LogP contribution in [-0.4, -0.2) is 46.1 Å². The lowest BCUT2D eigenvalue weighted by Gasteiger charge is -2.25. The summed E-state index contributed by atoms with van der Waals surface area (Å²) in [5, 5.41) is 15.8. The second-order valence-electron chi connectivity index (χ2n) is 6.90. The molecule has 0 fully saturated rings. The Morgan fingerprint density at radius 1 is 1.06 bits per heavy atom. The second-order valence-corrected chi connectivity index (χ2v) is 6.90. The van der Waals surface area contributed by atoms with Crippen LogP contribution in [0.15, 0.2) is 54.9 Å². The lowest BCUT2D eigenvalue weighted by molar-refractivity contribution is -0.192. The number of carbonyl (C=O) groups excluding carboxylic acids is 1. The van der Waals surface area contributed by atoms with Crippen molar-refractivity contribution < 1.29 is 50.5 Å². The van der Waals surface area contributed by atoms with Crippen molar-refractivity contribution in [3.8, 4) is 22.6 Å². The quantitative estimate of drug-likeness (QED) is 0.454. The standard InChI is InChI=1S/C19H14F3N3O3.C2HF3O2/c20-19(21,22)14-7-12(5-6-13(14)11-8-23-24-9-11)25-18(26)17-10-27-15-3-1-2-4-16(15)28-17;3-2(4,5)1(6)7/h1-9,17H,10H2,(H,23,24)(H,25,26);(H,6,7). The third-order valence-electron chi connectivity index (χ3n) is 4.45. The Kier molecular flexibility index (Phi) is 7.22. The van der Waals surface area contributed by atoms with Crippen LogP contribution in [0, 0.1) is 0 Å². The molecule has 0 bridgehead atoms. The molecule has 14 heteroatoms. The zero-order valence-corrected chi connectivity index (χ0v) is 17.3. The number of carboxylic acid groups (broad SMARTS) is 1. The molecule has 3 N–H and O–H groups in total. The summed E-state index contributed by atoms with van der Waals surface area (Å²) >= 11 is 0. The molecule has 1 amide bonds. The molecule has 2 heterocycles. The van der Waals surface area contributed by atoms with Crippen LogP contribution >= 0.6 is 0 Å². The zero-order valence-electron chi connectivity index (χ0n) is 17.3. The largest absolute Gasteiger partial charge is 0.490 e. The highest BCUT2D eigenvalue weighted by Crippen LogP contribution is 2.38. The first-order chi connectivity index (χ1) is 16.4. The lowest BCUT2D eigenvalue weighted by atomic mass is 10.0. The molecule has 35 heavy (non-hydrogen) atoms. The summed E-state index contributed by atoms with van der Waals surface area (Å²) in [7, 11) is 0. The number of amides is 1. The van der Waals surface area contributed by atoms with Gasteiger partial charge < -0.3 is 19.9 Å². The summed E-state index contributed by atoms with van der Waals surface area (Å²) in [5.41, 5.74) is -0.610. The highest BCUT2D eigenvalue weighted by atomic mass is 19.4. The first-order valence-corrected chi connectivity index (χ1v) is 9.56. The van der Waals surface area contributed by atoms with E-state index in [4.69, 9.17) is 19.4 Å². The van der Waals surface area contributed by atoms with Crippen molar-refractivity contribution in [2.75, 3.05) is 11.9 Å². The number of fused-ring (bicyclic) bond motifs is 1. The van der Waals surface area contributed by atoms with E-state index in [0.29, 0.717) is 17.1 Å². The fourth-order valence-corrected chi connectivity index (χ4v) is 2.88. The van der Waals surface area contributed by atoms with E-state index in [-0.39, 0.29) is 17.9 Å². The van der Waals surface area contributed by atoms with E-state index in [2.05, 4.69) is 15.5 Å². The Balaban J connectivity index is 0.000000429. The van der Waals surface area contributed by atoms with Crippen LogP contribution in [0.3, 0.4) is 0 Å². The number of ether oxygens (including phenoxy) is 2. The molecule has 3 aromatic rings. The Bertz CT molecular complexity index is 1190. The molecule has 1 aliphatic rings. The van der Waals surface area contributed by atoms with Crippen molar-refractivity contribution in [2.24, 2.45) is 0 Å². The maximum Gasteiger partial charge on any atom is 0.490 e. The summed E-state index contributed by atoms with van der Waals surface area (Å²) in [4.78, 5) is 21.3. The SMILES string of the molecule is O=C(Nc1ccc(-c2cn[nH]c2)c(C(F)(F)F)c1)C1COc2ccccc2O1.O=C(O)C(F)(F)F. The number of aliphatic carboxylic acids is 1. The first-order valence-electron chi connectivity index (χ1n) is 9.56. The number of hydrogen-bond donors (Lipinski definition) is 3. The van der Waals surface area contributed by atoms with Gasteiger partial charge in [0.05, 0.1) is 11.8 Å². The average molecular weight is 503 g/mol. The van der Waals surface area contributed by atoms with Gasteiger partial charge >= 0.3 is 18.3 Å². The lowest BCUT2D eigenvalue weighted by Crippen LogP contribution is -2.40. The van der Waals surface area contributed by atoms with Gasteiger partial charge in [-0.1, -0.05) is 18.2 Å². The van der Waals surface area contributed by atoms with E-state index in [1.54, 1.807) is 24.3 Å². The molecule has 4 rings (SSSR count). The molecule has 1 aliphatic heterocycles. The van der Waals surface area contributed by atoms with E-state index >= 15 is 0 Å². The normalized spacial score (nSPS) is 15.0. The Morgan fingerprint density at radius 3 is 2.29 bits per heavy atom. The number of H-pyrrole nitrogens is 1. The van der Waals surface area contributed by atoms with Gasteiger partial charge in [-0.3, -0.25) is 9.89 Å². The minimum Gasteiger partial charge on any atom is -0.485 e. The summed E-state index contributed by atoms with van der Waals surface area (Å²) in [6.07, 6.45) is -7.99. The van der Waals surface area contributed by atoms with Gasteiger partial charge in [-0.05, 0) is 29.8 Å². The predicted octanol–water partition coefficient (Wildman–Crippen LogP) is 4.51. The van der Waals surface area contributed by atoms with Crippen LogP contribution in [0.4, 0.5) is 32.0 Å². The van der Waals surface area contributed by atoms with E-state index < -0.39 is 35.9 Å². The predicted molar refractivity (Wildman–Crippen MR) is 108 cm³/mol. The fraction of sp³-hybridized carbons (Fsp3) is 0.190. The number of nitrogens with zero attached hydrogens (tertiary/aromatic N) is 1. The summed E-state index contributed by atoms with van der Waals surface area (Å²) in [6.45, 7) is -0.0396. The molecule has 0 radical (unpaired) electrons. The zero-order chi connectivity index (χ0) is 25.8. The molecule has 1 aromatic heterocycles. The molecular weight excluding hydrogens is 488 g/mol. The number of anilines is 1. The Hall–Kier alpha value is -4.23. The van der Waals surface area contributed by atoms with Crippen molar-refractivity contribution in [1.82, 2.24) is 10.2 Å². The highest BCUT2D eigenvalue weighted by Gasteiger charge is 2.38. The van der Waals surface area contributed by atoms with Gasteiger partial charge in [-0.25, -0.2) is 4.79 Å². The van der Waals surface area contributed by atoms with Gasteiger partial charge in [0.2, 0.25) is 6.10 Å². The third-order valence-corrected chi connectivity index (χ3v) is 4.45. The van der Waals surface area contributed by atoms with Crippen LogP contribution in [0.25, 0.3) is 11.1 Å². The molecule has 186 valence electrons. The molecule has 1 atom stereocenters. The Morgan fingerprint density at radius 2 is 1.71 bits per heavy atom. The van der Waals surface area contributed by atoms with E-state index in [1.165, 1.54) is 24.5 Å². The Labute approximate surface area is 192 Å².